The minimum Gasteiger partial charge on any atom is -0.465 e. The second-order valence-corrected chi connectivity index (χ2v) is 10.3. The van der Waals surface area contributed by atoms with Crippen molar-refractivity contribution < 1.29 is 41.4 Å². The number of carbonyl (C=O) groups is 3. The average Bonchev–Trinajstić information content (AvgIpc) is 3.37. The third-order valence-electron chi connectivity index (χ3n) is 7.59. The van der Waals surface area contributed by atoms with Crippen LogP contribution in [0.15, 0.2) is 35.3 Å². The zero-order valence-electron chi connectivity index (χ0n) is 23.9. The number of aromatic nitrogens is 1. The zero-order valence-corrected chi connectivity index (χ0v) is 23.9. The van der Waals surface area contributed by atoms with Crippen molar-refractivity contribution in [1.82, 2.24) is 9.88 Å². The number of esters is 1. The van der Waals surface area contributed by atoms with E-state index < -0.39 is 70.9 Å². The van der Waals surface area contributed by atoms with E-state index in [1.807, 2.05) is 0 Å². The van der Waals surface area contributed by atoms with Crippen LogP contribution in [0.4, 0.5) is 39.4 Å². The van der Waals surface area contributed by atoms with Crippen molar-refractivity contribution in [2.24, 2.45) is 0 Å². The summed E-state index contributed by atoms with van der Waals surface area (Å²) in [5, 5.41) is 2.15. The number of amides is 2. The highest BCUT2D eigenvalue weighted by atomic mass is 19.1. The van der Waals surface area contributed by atoms with Crippen molar-refractivity contribution in [3.63, 3.8) is 0 Å². The highest BCUT2D eigenvalue weighted by Gasteiger charge is 2.33. The number of pyridine rings is 1. The Morgan fingerprint density at radius 2 is 1.75 bits per heavy atom. The van der Waals surface area contributed by atoms with Crippen LogP contribution in [0.5, 0.6) is 0 Å². The summed E-state index contributed by atoms with van der Waals surface area (Å²) in [5.41, 5.74) is -1.70. The summed E-state index contributed by atoms with van der Waals surface area (Å²) in [6, 6.07) is 5.08. The molecule has 2 saturated heterocycles. The van der Waals surface area contributed by atoms with Crippen molar-refractivity contribution in [1.29, 1.82) is 0 Å². The third-order valence-corrected chi connectivity index (χ3v) is 7.59. The number of fused-ring (bicyclic) bond motifs is 1. The van der Waals surface area contributed by atoms with E-state index in [2.05, 4.69) is 10.1 Å². The van der Waals surface area contributed by atoms with Crippen LogP contribution in [0.25, 0.3) is 10.9 Å². The summed E-state index contributed by atoms with van der Waals surface area (Å²) in [5.74, 6) is -4.03. The Hall–Kier alpha value is -4.82. The summed E-state index contributed by atoms with van der Waals surface area (Å²) >= 11 is 0. The molecule has 0 unspecified atom stereocenters. The third kappa shape index (κ3) is 5.73. The van der Waals surface area contributed by atoms with Gasteiger partial charge in [0, 0.05) is 39.3 Å². The van der Waals surface area contributed by atoms with Gasteiger partial charge in [-0.25, -0.2) is 27.2 Å². The maximum absolute atomic E-state index is 15.9. The van der Waals surface area contributed by atoms with Gasteiger partial charge in [-0.15, -0.1) is 0 Å². The molecule has 1 N–H and O–H groups in total. The molecule has 2 aliphatic rings. The molecule has 0 aliphatic carbocycles. The van der Waals surface area contributed by atoms with E-state index in [1.54, 1.807) is 11.0 Å². The number of anilines is 3. The number of ether oxygens (including phenoxy) is 2. The van der Waals surface area contributed by atoms with Gasteiger partial charge < -0.3 is 29.2 Å². The first-order valence-electron chi connectivity index (χ1n) is 13.8. The Morgan fingerprint density at radius 3 is 2.39 bits per heavy atom. The molecule has 1 atom stereocenters. The van der Waals surface area contributed by atoms with Gasteiger partial charge in [-0.2, -0.15) is 0 Å². The summed E-state index contributed by atoms with van der Waals surface area (Å²) in [7, 11) is 1.05. The van der Waals surface area contributed by atoms with Gasteiger partial charge in [0.25, 0.3) is 0 Å². The van der Waals surface area contributed by atoms with Gasteiger partial charge in [-0.3, -0.25) is 14.5 Å². The maximum Gasteiger partial charge on any atom is 0.414 e. The second-order valence-electron chi connectivity index (χ2n) is 10.3. The highest BCUT2D eigenvalue weighted by Crippen LogP contribution is 2.33. The number of carbonyl (C=O) groups excluding carboxylic acids is 3. The van der Waals surface area contributed by atoms with E-state index in [0.717, 1.165) is 23.9 Å². The Labute approximate surface area is 248 Å². The van der Waals surface area contributed by atoms with E-state index >= 15 is 13.2 Å². The number of halogens is 4. The number of cyclic esters (lactones) is 1. The van der Waals surface area contributed by atoms with E-state index in [-0.39, 0.29) is 62.1 Å². The van der Waals surface area contributed by atoms with Gasteiger partial charge in [0.05, 0.1) is 49.0 Å². The van der Waals surface area contributed by atoms with Gasteiger partial charge in [-0.05, 0) is 24.3 Å². The molecule has 15 heteroatoms. The number of hydrogen-bond donors (Lipinski definition) is 1. The SMILES string of the molecule is COC(=O)c1cn(CCF)c2c(F)c(N3CCN(c4ccc(N5C[C@H](CNC(C)=O)OC5=O)cc4F)CC3)c(F)cc2c1=O. The van der Waals surface area contributed by atoms with E-state index in [1.165, 1.54) is 28.9 Å². The average molecular weight is 620 g/mol. The number of rotatable bonds is 8. The molecular weight excluding hydrogens is 590 g/mol. The van der Waals surface area contributed by atoms with Gasteiger partial charge >= 0.3 is 12.1 Å². The fourth-order valence-electron chi connectivity index (χ4n) is 5.48. The number of hydrogen-bond acceptors (Lipinski definition) is 8. The fourth-order valence-corrected chi connectivity index (χ4v) is 5.48. The van der Waals surface area contributed by atoms with Gasteiger partial charge in [-0.1, -0.05) is 0 Å². The Morgan fingerprint density at radius 1 is 1.05 bits per heavy atom. The number of nitrogens with zero attached hydrogens (tertiary/aromatic N) is 4. The van der Waals surface area contributed by atoms with E-state index in [9.17, 15) is 23.6 Å². The molecule has 2 aliphatic heterocycles. The maximum atomic E-state index is 15.9. The van der Waals surface area contributed by atoms with Crippen LogP contribution >= 0.6 is 0 Å². The van der Waals surface area contributed by atoms with Crippen LogP contribution in [0, 0.1) is 17.5 Å². The molecule has 0 radical (unpaired) electrons. The van der Waals surface area contributed by atoms with Crippen molar-refractivity contribution in [2.45, 2.75) is 19.6 Å². The van der Waals surface area contributed by atoms with Crippen LogP contribution < -0.4 is 25.4 Å². The predicted octanol–water partition coefficient (Wildman–Crippen LogP) is 2.96. The zero-order chi connectivity index (χ0) is 31.7. The summed E-state index contributed by atoms with van der Waals surface area (Å²) in [4.78, 5) is 52.7. The van der Waals surface area contributed by atoms with Crippen molar-refractivity contribution in [3.8, 4) is 0 Å². The van der Waals surface area contributed by atoms with Gasteiger partial charge in [0.2, 0.25) is 11.3 Å². The molecule has 2 fully saturated rings. The van der Waals surface area contributed by atoms with Gasteiger partial charge in [0.1, 0.15) is 35.7 Å². The summed E-state index contributed by atoms with van der Waals surface area (Å²) in [6.45, 7) is 0.780. The molecule has 1 aromatic heterocycles. The molecule has 2 aromatic carbocycles. The quantitative estimate of drug-likeness (QED) is 0.303. The molecule has 0 spiro atoms. The van der Waals surface area contributed by atoms with Crippen LogP contribution in [0.3, 0.4) is 0 Å². The molecule has 0 bridgehead atoms. The molecule has 44 heavy (non-hydrogen) atoms. The summed E-state index contributed by atoms with van der Waals surface area (Å²) < 4.78 is 70.7. The number of nitrogens with one attached hydrogen (secondary N) is 1. The predicted molar refractivity (Wildman–Crippen MR) is 153 cm³/mol. The lowest BCUT2D eigenvalue weighted by molar-refractivity contribution is -0.119. The van der Waals surface area contributed by atoms with E-state index in [4.69, 9.17) is 4.74 Å². The number of alkyl halides is 1. The fraction of sp³-hybridized carbons (Fsp3) is 0.379. The molecule has 3 aromatic rings. The lowest BCUT2D eigenvalue weighted by Crippen LogP contribution is -2.47. The van der Waals surface area contributed by atoms with Crippen LogP contribution in [0.2, 0.25) is 0 Å². The number of methoxy groups -OCH3 is 1. The van der Waals surface area contributed by atoms with Crippen molar-refractivity contribution >= 4 is 45.9 Å². The lowest BCUT2D eigenvalue weighted by atomic mass is 10.1. The van der Waals surface area contributed by atoms with E-state index in [0.29, 0.717) is 0 Å². The Balaban J connectivity index is 1.35. The normalized spacial score (nSPS) is 16.8. The molecule has 11 nitrogen and oxygen atoms in total. The van der Waals surface area contributed by atoms with Crippen LogP contribution in [-0.2, 0) is 20.8 Å². The molecule has 5 rings (SSSR count). The molecule has 0 saturated carbocycles. The smallest absolute Gasteiger partial charge is 0.414 e. The minimum atomic E-state index is -1.08. The summed E-state index contributed by atoms with van der Waals surface area (Å²) in [6.07, 6.45) is -0.255. The van der Waals surface area contributed by atoms with Crippen molar-refractivity contribution in [2.75, 3.05) is 67.8 Å². The number of benzene rings is 2. The lowest BCUT2D eigenvalue weighted by Gasteiger charge is -2.38. The number of piperazine rings is 1. The monoisotopic (exact) mass is 619 g/mol. The van der Waals surface area contributed by atoms with Crippen LogP contribution in [0.1, 0.15) is 17.3 Å². The first kappa shape index (κ1) is 30.6. The largest absolute Gasteiger partial charge is 0.465 e. The molecule has 2 amide bonds. The number of aryl methyl sites for hydroxylation is 1. The Bertz CT molecular complexity index is 1690. The molecule has 234 valence electrons. The second kappa shape index (κ2) is 12.4. The molecular formula is C29H29F4N5O6. The minimum absolute atomic E-state index is 0.0808. The molecule has 3 heterocycles. The topological polar surface area (TPSA) is 113 Å². The first-order valence-corrected chi connectivity index (χ1v) is 13.8. The highest BCUT2D eigenvalue weighted by molar-refractivity contribution is 5.95. The van der Waals surface area contributed by atoms with Crippen molar-refractivity contribution in [3.05, 3.63) is 63.7 Å². The Kier molecular flexibility index (Phi) is 8.65. The first-order chi connectivity index (χ1) is 21.0. The van der Waals surface area contributed by atoms with Gasteiger partial charge in [0.15, 0.2) is 5.82 Å². The van der Waals surface area contributed by atoms with Crippen LogP contribution in [-0.4, -0.2) is 81.7 Å². The standard InChI is InChI=1S/C29H29F4N5O6/c1-16(39)34-13-18-14-38(29(42)44-18)17-3-4-23(21(31)11-17)35-7-9-36(10-8-35)26-22(32)12-19-25(24(26)33)37(6-5-30)15-20(27(19)40)28(41)43-2/h3-4,11-12,15,18H,5-10,13-14H2,1-2H3,(H,34,39)/t18-/m0/s1.